The lowest BCUT2D eigenvalue weighted by Gasteiger charge is -1.98. The minimum atomic E-state index is -0.256. The molecular formula is C13H12N4O. The van der Waals surface area contributed by atoms with Gasteiger partial charge in [-0.05, 0) is 31.2 Å². The largest absolute Gasteiger partial charge is 0.337 e. The number of pyridine rings is 1. The monoisotopic (exact) mass is 240 g/mol. The van der Waals surface area contributed by atoms with Crippen molar-refractivity contribution in [3.05, 3.63) is 42.4 Å². The molecule has 5 heteroatoms. The van der Waals surface area contributed by atoms with Crippen LogP contribution in [0, 0.1) is 0 Å². The van der Waals surface area contributed by atoms with Crippen molar-refractivity contribution in [1.82, 2.24) is 15.1 Å². The standard InChI is InChI=1S/C13H12N4O/c1-8(14)13-16-12(17-18-13)10-4-5-11-9(7-10)3-2-6-15-11/h2-8H,14H2,1H3/t8-/m1/s1. The number of hydrogen-bond donors (Lipinski definition) is 1. The van der Waals surface area contributed by atoms with Gasteiger partial charge in [-0.3, -0.25) is 4.98 Å². The Bertz CT molecular complexity index is 690. The summed E-state index contributed by atoms with van der Waals surface area (Å²) in [5.41, 5.74) is 7.53. The molecule has 18 heavy (non-hydrogen) atoms. The van der Waals surface area contributed by atoms with Crippen LogP contribution in [0.2, 0.25) is 0 Å². The predicted octanol–water partition coefficient (Wildman–Crippen LogP) is 2.30. The lowest BCUT2D eigenvalue weighted by atomic mass is 10.1. The fraction of sp³-hybridized carbons (Fsp3) is 0.154. The molecule has 0 saturated carbocycles. The van der Waals surface area contributed by atoms with Crippen LogP contribution in [0.4, 0.5) is 0 Å². The van der Waals surface area contributed by atoms with Gasteiger partial charge in [0.1, 0.15) is 0 Å². The smallest absolute Gasteiger partial charge is 0.243 e. The zero-order chi connectivity index (χ0) is 12.5. The fourth-order valence-corrected chi connectivity index (χ4v) is 1.75. The molecule has 0 fully saturated rings. The first-order chi connectivity index (χ1) is 8.74. The molecule has 0 aliphatic heterocycles. The topological polar surface area (TPSA) is 77.8 Å². The zero-order valence-electron chi connectivity index (χ0n) is 9.87. The number of aromatic nitrogens is 3. The van der Waals surface area contributed by atoms with Gasteiger partial charge >= 0.3 is 0 Å². The Hall–Kier alpha value is -2.27. The van der Waals surface area contributed by atoms with E-state index in [2.05, 4.69) is 15.1 Å². The maximum absolute atomic E-state index is 5.69. The van der Waals surface area contributed by atoms with Crippen LogP contribution >= 0.6 is 0 Å². The first kappa shape index (κ1) is 10.9. The van der Waals surface area contributed by atoms with Gasteiger partial charge in [0.15, 0.2) is 0 Å². The van der Waals surface area contributed by atoms with Crippen molar-refractivity contribution in [2.24, 2.45) is 5.73 Å². The Morgan fingerprint density at radius 3 is 2.94 bits per heavy atom. The highest BCUT2D eigenvalue weighted by Crippen LogP contribution is 2.22. The van der Waals surface area contributed by atoms with E-state index in [1.807, 2.05) is 37.3 Å². The summed E-state index contributed by atoms with van der Waals surface area (Å²) in [6, 6.07) is 9.48. The minimum Gasteiger partial charge on any atom is -0.337 e. The summed E-state index contributed by atoms with van der Waals surface area (Å²) < 4.78 is 5.09. The van der Waals surface area contributed by atoms with Gasteiger partial charge in [-0.25, -0.2) is 0 Å². The maximum Gasteiger partial charge on any atom is 0.243 e. The van der Waals surface area contributed by atoms with Crippen molar-refractivity contribution in [1.29, 1.82) is 0 Å². The van der Waals surface area contributed by atoms with E-state index in [4.69, 9.17) is 10.3 Å². The second-order valence-electron chi connectivity index (χ2n) is 4.16. The molecule has 1 atom stereocenters. The van der Waals surface area contributed by atoms with Gasteiger partial charge in [0, 0.05) is 17.1 Å². The van der Waals surface area contributed by atoms with E-state index in [9.17, 15) is 0 Å². The number of nitrogens with zero attached hydrogens (tertiary/aromatic N) is 3. The third kappa shape index (κ3) is 1.84. The zero-order valence-corrected chi connectivity index (χ0v) is 9.87. The predicted molar refractivity (Wildman–Crippen MR) is 67.6 cm³/mol. The Balaban J connectivity index is 2.07. The van der Waals surface area contributed by atoms with Crippen molar-refractivity contribution in [3.8, 4) is 11.4 Å². The van der Waals surface area contributed by atoms with Gasteiger partial charge in [0.25, 0.3) is 0 Å². The van der Waals surface area contributed by atoms with Crippen molar-refractivity contribution in [2.45, 2.75) is 13.0 Å². The molecule has 1 aromatic carbocycles. The van der Waals surface area contributed by atoms with E-state index in [0.29, 0.717) is 11.7 Å². The van der Waals surface area contributed by atoms with Crippen LogP contribution < -0.4 is 5.73 Å². The molecule has 2 heterocycles. The summed E-state index contributed by atoms with van der Waals surface area (Å²) in [4.78, 5) is 8.53. The molecule has 0 aliphatic rings. The van der Waals surface area contributed by atoms with Gasteiger partial charge in [0.2, 0.25) is 11.7 Å². The van der Waals surface area contributed by atoms with Gasteiger partial charge in [-0.2, -0.15) is 4.98 Å². The maximum atomic E-state index is 5.69. The molecule has 3 aromatic rings. The SMILES string of the molecule is C[C@@H](N)c1nc(-c2ccc3ncccc3c2)no1. The molecule has 0 aliphatic carbocycles. The quantitative estimate of drug-likeness (QED) is 0.743. The highest BCUT2D eigenvalue weighted by molar-refractivity contribution is 5.82. The highest BCUT2D eigenvalue weighted by Gasteiger charge is 2.11. The summed E-state index contributed by atoms with van der Waals surface area (Å²) in [6.45, 7) is 1.81. The van der Waals surface area contributed by atoms with Crippen LogP contribution in [0.1, 0.15) is 18.9 Å². The molecule has 0 amide bonds. The second kappa shape index (κ2) is 4.19. The molecule has 5 nitrogen and oxygen atoms in total. The van der Waals surface area contributed by atoms with Crippen LogP contribution in [0.15, 0.2) is 41.1 Å². The normalized spacial score (nSPS) is 12.8. The summed E-state index contributed by atoms with van der Waals surface area (Å²) in [6.07, 6.45) is 1.77. The number of nitrogens with two attached hydrogens (primary N) is 1. The number of fused-ring (bicyclic) bond motifs is 1. The third-order valence-electron chi connectivity index (χ3n) is 2.69. The third-order valence-corrected chi connectivity index (χ3v) is 2.69. The Morgan fingerprint density at radius 2 is 2.17 bits per heavy atom. The van der Waals surface area contributed by atoms with E-state index < -0.39 is 0 Å². The number of hydrogen-bond acceptors (Lipinski definition) is 5. The van der Waals surface area contributed by atoms with E-state index in [1.54, 1.807) is 6.20 Å². The van der Waals surface area contributed by atoms with Crippen LogP contribution in [0.5, 0.6) is 0 Å². The summed E-state index contributed by atoms with van der Waals surface area (Å²) >= 11 is 0. The molecule has 0 unspecified atom stereocenters. The van der Waals surface area contributed by atoms with Gasteiger partial charge in [0.05, 0.1) is 11.6 Å². The lowest BCUT2D eigenvalue weighted by Crippen LogP contribution is -2.04. The van der Waals surface area contributed by atoms with Crippen LogP contribution in [0.25, 0.3) is 22.3 Å². The van der Waals surface area contributed by atoms with Crippen molar-refractivity contribution in [2.75, 3.05) is 0 Å². The van der Waals surface area contributed by atoms with E-state index in [0.717, 1.165) is 16.5 Å². The summed E-state index contributed by atoms with van der Waals surface area (Å²) in [5.74, 6) is 0.990. The lowest BCUT2D eigenvalue weighted by molar-refractivity contribution is 0.362. The summed E-state index contributed by atoms with van der Waals surface area (Å²) in [5, 5.41) is 4.97. The average Bonchev–Trinajstić information content (AvgIpc) is 2.88. The summed E-state index contributed by atoms with van der Waals surface area (Å²) in [7, 11) is 0. The van der Waals surface area contributed by atoms with E-state index >= 15 is 0 Å². The Kier molecular flexibility index (Phi) is 2.53. The van der Waals surface area contributed by atoms with Crippen LogP contribution in [0.3, 0.4) is 0 Å². The average molecular weight is 240 g/mol. The molecule has 0 saturated heterocycles. The molecule has 0 bridgehead atoms. The fourth-order valence-electron chi connectivity index (χ4n) is 1.75. The van der Waals surface area contributed by atoms with E-state index in [1.165, 1.54) is 0 Å². The van der Waals surface area contributed by atoms with Crippen molar-refractivity contribution in [3.63, 3.8) is 0 Å². The number of rotatable bonds is 2. The highest BCUT2D eigenvalue weighted by atomic mass is 16.5. The first-order valence-corrected chi connectivity index (χ1v) is 5.68. The Labute approximate surface area is 104 Å². The van der Waals surface area contributed by atoms with Crippen LogP contribution in [-0.4, -0.2) is 15.1 Å². The molecular weight excluding hydrogens is 228 g/mol. The molecule has 2 N–H and O–H groups in total. The van der Waals surface area contributed by atoms with E-state index in [-0.39, 0.29) is 6.04 Å². The molecule has 0 spiro atoms. The minimum absolute atomic E-state index is 0.256. The molecule has 3 rings (SSSR count). The van der Waals surface area contributed by atoms with Crippen molar-refractivity contribution < 1.29 is 4.52 Å². The van der Waals surface area contributed by atoms with Gasteiger partial charge in [-0.1, -0.05) is 11.2 Å². The molecule has 2 aromatic heterocycles. The Morgan fingerprint density at radius 1 is 1.28 bits per heavy atom. The van der Waals surface area contributed by atoms with Gasteiger partial charge in [-0.15, -0.1) is 0 Å². The first-order valence-electron chi connectivity index (χ1n) is 5.68. The molecule has 90 valence electrons. The number of benzene rings is 1. The second-order valence-corrected chi connectivity index (χ2v) is 4.16. The van der Waals surface area contributed by atoms with Crippen LogP contribution in [-0.2, 0) is 0 Å². The van der Waals surface area contributed by atoms with Crippen molar-refractivity contribution >= 4 is 10.9 Å². The molecule has 0 radical (unpaired) electrons. The van der Waals surface area contributed by atoms with Gasteiger partial charge < -0.3 is 10.3 Å².